The quantitative estimate of drug-likeness (QED) is 0.577. The normalized spacial score (nSPS) is 18.7. The van der Waals surface area contributed by atoms with Crippen molar-refractivity contribution in [3.8, 4) is 23.2 Å². The van der Waals surface area contributed by atoms with E-state index >= 15 is 0 Å². The Balaban J connectivity index is 1.87. The highest BCUT2D eigenvalue weighted by Gasteiger charge is 2.40. The summed E-state index contributed by atoms with van der Waals surface area (Å²) in [7, 11) is 0. The van der Waals surface area contributed by atoms with E-state index in [2.05, 4.69) is 49.2 Å². The minimum absolute atomic E-state index is 0.0326. The van der Waals surface area contributed by atoms with E-state index in [1.54, 1.807) is 0 Å². The van der Waals surface area contributed by atoms with E-state index in [9.17, 15) is 5.26 Å². The monoisotopic (exact) mass is 404 g/mol. The van der Waals surface area contributed by atoms with E-state index < -0.39 is 5.92 Å². The molecule has 1 aromatic heterocycles. The lowest BCUT2D eigenvalue weighted by atomic mass is 9.77. The molecule has 2 heterocycles. The minimum atomic E-state index is -0.730. The maximum atomic E-state index is 9.82. The van der Waals surface area contributed by atoms with Gasteiger partial charge in [-0.1, -0.05) is 68.8 Å². The molecule has 0 saturated carbocycles. The molecule has 146 valence electrons. The summed E-state index contributed by atoms with van der Waals surface area (Å²) in [5.41, 5.74) is 4.66. The Morgan fingerprint density at radius 2 is 1.76 bits per heavy atom. The van der Waals surface area contributed by atoms with Gasteiger partial charge in [-0.2, -0.15) is 5.26 Å². The van der Waals surface area contributed by atoms with Crippen LogP contribution in [0.1, 0.15) is 43.4 Å². The van der Waals surface area contributed by atoms with Gasteiger partial charge in [-0.3, -0.25) is 10.5 Å². The Bertz CT molecular complexity index is 1100. The van der Waals surface area contributed by atoms with Crippen LogP contribution in [0.15, 0.2) is 48.5 Å². The molecule has 2 atom stereocenters. The van der Waals surface area contributed by atoms with Gasteiger partial charge in [0.2, 0.25) is 11.8 Å². The van der Waals surface area contributed by atoms with Gasteiger partial charge in [0.25, 0.3) is 0 Å². The van der Waals surface area contributed by atoms with Crippen molar-refractivity contribution >= 4 is 17.5 Å². The average Bonchev–Trinajstić information content (AvgIpc) is 3.10. The molecule has 0 spiro atoms. The zero-order valence-electron chi connectivity index (χ0n) is 16.5. The molecular formula is C23H21ClN4O. The lowest BCUT2D eigenvalue weighted by Crippen LogP contribution is -2.31. The smallest absolute Gasteiger partial charge is 0.244 e. The second-order valence-corrected chi connectivity index (χ2v) is 8.68. The lowest BCUT2D eigenvalue weighted by Gasteiger charge is -2.29. The Labute approximate surface area is 174 Å². The number of nitrogens with one attached hydrogen (secondary N) is 2. The fraction of sp³-hybridized carbons (Fsp3) is 0.261. The molecule has 2 unspecified atom stereocenters. The molecule has 6 heteroatoms. The number of H-pyrrole nitrogens is 1. The zero-order chi connectivity index (χ0) is 20.8. The summed E-state index contributed by atoms with van der Waals surface area (Å²) < 4.78 is 5.58. The molecule has 3 aromatic rings. The van der Waals surface area contributed by atoms with Gasteiger partial charge < -0.3 is 4.74 Å². The van der Waals surface area contributed by atoms with Crippen LogP contribution in [0.2, 0.25) is 5.02 Å². The van der Waals surface area contributed by atoms with Crippen LogP contribution in [0, 0.1) is 22.7 Å². The third-order valence-electron chi connectivity index (χ3n) is 5.31. The van der Waals surface area contributed by atoms with Crippen LogP contribution in [0.4, 0.5) is 0 Å². The van der Waals surface area contributed by atoms with E-state index in [4.69, 9.17) is 21.7 Å². The summed E-state index contributed by atoms with van der Waals surface area (Å²) in [5, 5.41) is 26.0. The molecule has 0 saturated heterocycles. The third-order valence-corrected chi connectivity index (χ3v) is 5.56. The summed E-state index contributed by atoms with van der Waals surface area (Å²) in [5.74, 6) is -0.822. The van der Waals surface area contributed by atoms with Crippen molar-refractivity contribution < 1.29 is 4.74 Å². The SMILES string of the molecule is CC(C)(C)c1ccc(C2c3c(n[nH]c3-c3ccc(Cl)cc3)OC(=N)C2C#N)cc1. The number of halogens is 1. The fourth-order valence-corrected chi connectivity index (χ4v) is 3.83. The molecule has 0 radical (unpaired) electrons. The van der Waals surface area contributed by atoms with Crippen molar-refractivity contribution in [2.24, 2.45) is 5.92 Å². The maximum Gasteiger partial charge on any atom is 0.244 e. The Morgan fingerprint density at radius 1 is 1.10 bits per heavy atom. The van der Waals surface area contributed by atoms with E-state index in [0.717, 1.165) is 22.4 Å². The van der Waals surface area contributed by atoms with E-state index in [1.165, 1.54) is 5.56 Å². The maximum absolute atomic E-state index is 9.82. The molecule has 0 fully saturated rings. The van der Waals surface area contributed by atoms with Crippen molar-refractivity contribution in [3.63, 3.8) is 0 Å². The van der Waals surface area contributed by atoms with Crippen LogP contribution in [0.5, 0.6) is 5.88 Å². The molecule has 1 aliphatic heterocycles. The number of rotatable bonds is 2. The Morgan fingerprint density at radius 3 is 2.34 bits per heavy atom. The number of benzene rings is 2. The predicted octanol–water partition coefficient (Wildman–Crippen LogP) is 5.67. The Kier molecular flexibility index (Phi) is 4.68. The topological polar surface area (TPSA) is 85.5 Å². The average molecular weight is 405 g/mol. The molecule has 5 nitrogen and oxygen atoms in total. The van der Waals surface area contributed by atoms with Crippen LogP contribution in [0.25, 0.3) is 11.3 Å². The lowest BCUT2D eigenvalue weighted by molar-refractivity contribution is 0.437. The number of hydrogen-bond donors (Lipinski definition) is 2. The van der Waals surface area contributed by atoms with Gasteiger partial charge in [0.1, 0.15) is 5.92 Å². The fourth-order valence-electron chi connectivity index (χ4n) is 3.71. The van der Waals surface area contributed by atoms with Gasteiger partial charge in [-0.15, -0.1) is 5.10 Å². The molecule has 2 N–H and O–H groups in total. The van der Waals surface area contributed by atoms with Crippen LogP contribution in [0.3, 0.4) is 0 Å². The van der Waals surface area contributed by atoms with Crippen LogP contribution < -0.4 is 4.74 Å². The standard InChI is InChI=1S/C23H21ClN4O/c1-23(2,3)15-8-4-13(5-9-15)18-17(12-25)21(26)29-22-19(18)20(27-28-22)14-6-10-16(24)11-7-14/h4-11,17-18,26H,1-3H3,(H,27,28). The first kappa shape index (κ1) is 19.2. The van der Waals surface area contributed by atoms with Crippen molar-refractivity contribution in [2.45, 2.75) is 32.1 Å². The first-order valence-corrected chi connectivity index (χ1v) is 9.78. The van der Waals surface area contributed by atoms with Gasteiger partial charge in [0, 0.05) is 16.5 Å². The molecular weight excluding hydrogens is 384 g/mol. The van der Waals surface area contributed by atoms with Gasteiger partial charge in [-0.25, -0.2) is 0 Å². The highest BCUT2D eigenvalue weighted by Crippen LogP contribution is 2.46. The number of ether oxygens (including phenoxy) is 1. The van der Waals surface area contributed by atoms with Gasteiger partial charge in [0.05, 0.1) is 17.3 Å². The molecule has 1 aliphatic rings. The first-order chi connectivity index (χ1) is 13.8. The summed E-state index contributed by atoms with van der Waals surface area (Å²) in [6.45, 7) is 6.49. The summed E-state index contributed by atoms with van der Waals surface area (Å²) in [6, 6.07) is 17.9. The van der Waals surface area contributed by atoms with Crippen molar-refractivity contribution in [1.82, 2.24) is 10.2 Å². The van der Waals surface area contributed by atoms with Crippen molar-refractivity contribution in [2.75, 3.05) is 0 Å². The Hall–Kier alpha value is -3.10. The molecule has 4 rings (SSSR count). The second kappa shape index (κ2) is 7.06. The number of nitriles is 1. The highest BCUT2D eigenvalue weighted by molar-refractivity contribution is 6.30. The van der Waals surface area contributed by atoms with Crippen molar-refractivity contribution in [1.29, 1.82) is 10.7 Å². The van der Waals surface area contributed by atoms with Crippen LogP contribution in [-0.4, -0.2) is 16.1 Å². The van der Waals surface area contributed by atoms with Gasteiger partial charge >= 0.3 is 0 Å². The molecule has 0 aliphatic carbocycles. The highest BCUT2D eigenvalue weighted by atomic mass is 35.5. The zero-order valence-corrected chi connectivity index (χ0v) is 17.2. The minimum Gasteiger partial charge on any atom is -0.422 e. The summed E-state index contributed by atoms with van der Waals surface area (Å²) in [4.78, 5) is 0. The van der Waals surface area contributed by atoms with Gasteiger partial charge in [0.15, 0.2) is 0 Å². The number of aromatic nitrogens is 2. The molecule has 2 aromatic carbocycles. The van der Waals surface area contributed by atoms with E-state index in [-0.39, 0.29) is 17.2 Å². The number of aromatic amines is 1. The predicted molar refractivity (Wildman–Crippen MR) is 113 cm³/mol. The number of fused-ring (bicyclic) bond motifs is 1. The first-order valence-electron chi connectivity index (χ1n) is 9.40. The summed E-state index contributed by atoms with van der Waals surface area (Å²) in [6.07, 6.45) is 0. The number of hydrogen-bond acceptors (Lipinski definition) is 4. The third kappa shape index (κ3) is 3.41. The molecule has 0 amide bonds. The largest absolute Gasteiger partial charge is 0.422 e. The molecule has 29 heavy (non-hydrogen) atoms. The van der Waals surface area contributed by atoms with Gasteiger partial charge in [-0.05, 0) is 28.7 Å². The van der Waals surface area contributed by atoms with E-state index in [1.807, 2.05) is 36.4 Å². The van der Waals surface area contributed by atoms with E-state index in [0.29, 0.717) is 10.9 Å². The molecule has 0 bridgehead atoms. The summed E-state index contributed by atoms with van der Waals surface area (Å²) >= 11 is 6.04. The van der Waals surface area contributed by atoms with Crippen molar-refractivity contribution in [3.05, 3.63) is 70.2 Å². The van der Waals surface area contributed by atoms with Crippen LogP contribution >= 0.6 is 11.6 Å². The van der Waals surface area contributed by atoms with Crippen LogP contribution in [-0.2, 0) is 5.41 Å². The number of nitrogens with zero attached hydrogens (tertiary/aromatic N) is 2. The second-order valence-electron chi connectivity index (χ2n) is 8.25.